The number of hydrogen-bond donors (Lipinski definition) is 0. The molecule has 1 aliphatic heterocycles. The number of rotatable bonds is 6. The van der Waals surface area contributed by atoms with E-state index in [1.165, 1.54) is 43.4 Å². The second-order valence-corrected chi connectivity index (χ2v) is 10.9. The van der Waals surface area contributed by atoms with Gasteiger partial charge in [0.15, 0.2) is 23.2 Å². The molecule has 0 radical (unpaired) electrons. The number of nitrogens with zero attached hydrogens (tertiary/aromatic N) is 8. The standard InChI is InChI=1S/C8H6F4O.C8H7N3O2.C7H7N3O.C7H7NO3.C6H9NO2.2CH4/c1-3-4(9)6(11)7(12)8(13-2)5(3)10;1-13-11-8(12)6-4-2-3-5-7(6)9-10-11;1-11-10-7-5-3-2-4-6(7)8-9-10;1-11-7-4-2-6(3-5-7)8(9)10;1-5-3-4-6(8)7(5)9-2;;/h1-2H3;2-5H,1H3;2*2-5H,1H3;1,3-4H2,2H3;2*1H4. The minimum atomic E-state index is -1.73. The summed E-state index contributed by atoms with van der Waals surface area (Å²) in [5, 5.41) is 26.9. The fraction of sp³-hybridized carbons (Fsp3) is 0.263. The van der Waals surface area contributed by atoms with Crippen LogP contribution >= 0.6 is 0 Å². The summed E-state index contributed by atoms with van der Waals surface area (Å²) < 4.78 is 60.0. The quantitative estimate of drug-likeness (QED) is 0.0586. The second kappa shape index (κ2) is 23.8. The van der Waals surface area contributed by atoms with Gasteiger partial charge in [-0.05, 0) is 65.0 Å². The zero-order chi connectivity index (χ0) is 42.2. The predicted octanol–water partition coefficient (Wildman–Crippen LogP) is 6.46. The van der Waals surface area contributed by atoms with Gasteiger partial charge in [-0.3, -0.25) is 24.5 Å². The fourth-order valence-corrected chi connectivity index (χ4v) is 4.54. The number of aromatic nitrogens is 6. The van der Waals surface area contributed by atoms with Crippen LogP contribution in [0.4, 0.5) is 23.2 Å². The molecule has 3 heterocycles. The third kappa shape index (κ3) is 12.7. The van der Waals surface area contributed by atoms with Gasteiger partial charge >= 0.3 is 5.56 Å². The van der Waals surface area contributed by atoms with E-state index in [-0.39, 0.29) is 32.0 Å². The molecule has 0 bridgehead atoms. The van der Waals surface area contributed by atoms with Crippen molar-refractivity contribution in [1.29, 1.82) is 0 Å². The molecular formula is C38H44F4N8O9. The third-order valence-electron chi connectivity index (χ3n) is 7.46. The van der Waals surface area contributed by atoms with Crippen molar-refractivity contribution in [3.05, 3.63) is 134 Å². The molecule has 0 saturated carbocycles. The lowest BCUT2D eigenvalue weighted by Gasteiger charge is -2.11. The Hall–Kier alpha value is -7.16. The number of fused-ring (bicyclic) bond motifs is 2. The number of hydrogen-bond acceptors (Lipinski definition) is 13. The van der Waals surface area contributed by atoms with Crippen LogP contribution in [0.25, 0.3) is 21.9 Å². The minimum absolute atomic E-state index is 0. The van der Waals surface area contributed by atoms with Crippen LogP contribution < -0.4 is 24.7 Å². The van der Waals surface area contributed by atoms with E-state index in [2.05, 4.69) is 36.8 Å². The molecule has 0 aliphatic carbocycles. The van der Waals surface area contributed by atoms with Crippen molar-refractivity contribution in [2.75, 3.05) is 35.5 Å². The molecule has 4 aromatic carbocycles. The van der Waals surface area contributed by atoms with Gasteiger partial charge in [-0.2, -0.15) is 9.45 Å². The number of nitro groups is 1. The number of carbonyl (C=O) groups excluding carboxylic acids is 1. The van der Waals surface area contributed by atoms with E-state index in [0.717, 1.165) is 42.0 Å². The first-order valence-electron chi connectivity index (χ1n) is 16.2. The van der Waals surface area contributed by atoms with Gasteiger partial charge in [-0.25, -0.2) is 13.2 Å². The predicted molar refractivity (Wildman–Crippen MR) is 209 cm³/mol. The van der Waals surface area contributed by atoms with E-state index >= 15 is 0 Å². The van der Waals surface area contributed by atoms with Crippen LogP contribution in [0.2, 0.25) is 0 Å². The Kier molecular flexibility index (Phi) is 20.1. The van der Waals surface area contributed by atoms with Gasteiger partial charge in [0, 0.05) is 29.8 Å². The maximum atomic E-state index is 12.9. The molecule has 1 aliphatic rings. The second-order valence-electron chi connectivity index (χ2n) is 10.9. The van der Waals surface area contributed by atoms with Gasteiger partial charge in [-0.1, -0.05) is 50.5 Å². The van der Waals surface area contributed by atoms with E-state index in [1.54, 1.807) is 43.5 Å². The highest BCUT2D eigenvalue weighted by molar-refractivity contribution is 5.79. The normalized spacial score (nSPS) is 11.1. The number of allylic oxidation sites excluding steroid dienone is 1. The summed E-state index contributed by atoms with van der Waals surface area (Å²) in [6.45, 7) is 4.63. The van der Waals surface area contributed by atoms with Gasteiger partial charge in [0.05, 0.1) is 31.6 Å². The number of methoxy groups -OCH3 is 2. The summed E-state index contributed by atoms with van der Waals surface area (Å²) in [6, 6.07) is 20.5. The average molecular weight is 833 g/mol. The molecule has 0 atom stereocenters. The zero-order valence-corrected chi connectivity index (χ0v) is 31.3. The average Bonchev–Trinajstić information content (AvgIpc) is 3.81. The first-order valence-corrected chi connectivity index (χ1v) is 16.2. The van der Waals surface area contributed by atoms with Crippen molar-refractivity contribution in [2.45, 2.75) is 34.6 Å². The Morgan fingerprint density at radius 1 is 0.695 bits per heavy atom. The Bertz CT molecular complexity index is 2330. The molecule has 2 aromatic heterocycles. The van der Waals surface area contributed by atoms with E-state index < -0.39 is 39.5 Å². The summed E-state index contributed by atoms with van der Waals surface area (Å²) >= 11 is 0. The van der Waals surface area contributed by atoms with Crippen LogP contribution in [0.1, 0.15) is 33.3 Å². The zero-order valence-electron chi connectivity index (χ0n) is 31.3. The number of nitro benzene ring substituents is 1. The molecule has 17 nitrogen and oxygen atoms in total. The van der Waals surface area contributed by atoms with Gasteiger partial charge in [0.1, 0.15) is 36.5 Å². The van der Waals surface area contributed by atoms with Crippen LogP contribution in [-0.4, -0.2) is 81.8 Å². The largest absolute Gasteiger partial charge is 0.497 e. The summed E-state index contributed by atoms with van der Waals surface area (Å²) in [5.74, 6) is -6.41. The van der Waals surface area contributed by atoms with Crippen molar-refractivity contribution < 1.29 is 51.3 Å². The number of non-ortho nitro benzene ring substituents is 1. The molecule has 7 rings (SSSR count). The maximum Gasteiger partial charge on any atom is 0.314 e. The SMILES string of the molecule is C.C.C=C1CCC(=O)N1OC.COc1c(F)c(C)c(F)c(F)c1F.COc1ccc([N+](=O)[O-])cc1.COn1nnc2ccccc21.COn1nnc2ccccc2c1=O. The van der Waals surface area contributed by atoms with Crippen molar-refractivity contribution in [3.63, 3.8) is 0 Å². The van der Waals surface area contributed by atoms with E-state index in [4.69, 9.17) is 14.4 Å². The molecule has 1 fully saturated rings. The van der Waals surface area contributed by atoms with Crippen molar-refractivity contribution >= 4 is 33.5 Å². The van der Waals surface area contributed by atoms with Gasteiger partial charge < -0.3 is 19.1 Å². The van der Waals surface area contributed by atoms with E-state index in [9.17, 15) is 37.3 Å². The maximum absolute atomic E-state index is 12.9. The highest BCUT2D eigenvalue weighted by atomic mass is 19.2. The number of benzene rings is 4. The van der Waals surface area contributed by atoms with Crippen LogP contribution in [0.3, 0.4) is 0 Å². The van der Waals surface area contributed by atoms with Crippen molar-refractivity contribution in [2.24, 2.45) is 0 Å². The molecule has 318 valence electrons. The summed E-state index contributed by atoms with van der Waals surface area (Å²) in [6.07, 6.45) is 1.26. The van der Waals surface area contributed by atoms with Crippen LogP contribution in [0, 0.1) is 40.3 Å². The highest BCUT2D eigenvalue weighted by Gasteiger charge is 2.24. The Morgan fingerprint density at radius 3 is 1.76 bits per heavy atom. The molecule has 0 spiro atoms. The molecule has 6 aromatic rings. The van der Waals surface area contributed by atoms with Crippen molar-refractivity contribution in [3.8, 4) is 11.5 Å². The fourth-order valence-electron chi connectivity index (χ4n) is 4.54. The Labute approximate surface area is 335 Å². The van der Waals surface area contributed by atoms with Crippen LogP contribution in [-0.2, 0) is 9.63 Å². The molecule has 59 heavy (non-hydrogen) atoms. The third-order valence-corrected chi connectivity index (χ3v) is 7.46. The van der Waals surface area contributed by atoms with Crippen molar-refractivity contribution in [1.82, 2.24) is 35.4 Å². The first-order chi connectivity index (χ1) is 27.2. The summed E-state index contributed by atoms with van der Waals surface area (Å²) in [4.78, 5) is 48.5. The molecule has 1 saturated heterocycles. The number of para-hydroxylation sites is 1. The molecule has 0 N–H and O–H groups in total. The number of hydroxylamine groups is 2. The number of amides is 1. The topological polar surface area (TPSA) is 188 Å². The molecule has 0 unspecified atom stereocenters. The summed E-state index contributed by atoms with van der Waals surface area (Å²) in [7, 11) is 6.87. The van der Waals surface area contributed by atoms with Gasteiger partial charge in [0.2, 0.25) is 5.82 Å². The molecule has 21 heteroatoms. The lowest BCUT2D eigenvalue weighted by atomic mass is 10.2. The first kappa shape index (κ1) is 49.9. The van der Waals surface area contributed by atoms with Gasteiger partial charge in [-0.15, -0.1) is 10.2 Å². The summed E-state index contributed by atoms with van der Waals surface area (Å²) in [5.41, 5.74) is 2.22. The van der Waals surface area contributed by atoms with Crippen LogP contribution in [0.5, 0.6) is 11.5 Å². The van der Waals surface area contributed by atoms with E-state index in [1.807, 2.05) is 24.3 Å². The monoisotopic (exact) mass is 832 g/mol. The lowest BCUT2D eigenvalue weighted by molar-refractivity contribution is -0.384. The van der Waals surface area contributed by atoms with E-state index in [0.29, 0.717) is 23.1 Å². The number of halogens is 4. The Balaban J connectivity index is 0.000000368. The smallest absolute Gasteiger partial charge is 0.314 e. The Morgan fingerprint density at radius 2 is 1.25 bits per heavy atom. The lowest BCUT2D eigenvalue weighted by Crippen LogP contribution is -2.28. The molecule has 1 amide bonds. The number of carbonyl (C=O) groups is 1. The number of ether oxygens (including phenoxy) is 2. The van der Waals surface area contributed by atoms with Crippen LogP contribution in [0.15, 0.2) is 89.9 Å². The minimum Gasteiger partial charge on any atom is -0.497 e. The highest BCUT2D eigenvalue weighted by Crippen LogP contribution is 2.29. The molecular weight excluding hydrogens is 788 g/mol. The van der Waals surface area contributed by atoms with Gasteiger partial charge in [0.25, 0.3) is 11.6 Å².